The van der Waals surface area contributed by atoms with Gasteiger partial charge in [0.1, 0.15) is 5.82 Å². The number of hydrogen-bond acceptors (Lipinski definition) is 2. The van der Waals surface area contributed by atoms with E-state index < -0.39 is 0 Å². The lowest BCUT2D eigenvalue weighted by molar-refractivity contribution is -0.130. The third-order valence-electron chi connectivity index (χ3n) is 4.18. The van der Waals surface area contributed by atoms with Gasteiger partial charge in [0.05, 0.1) is 0 Å². The van der Waals surface area contributed by atoms with Gasteiger partial charge in [-0.05, 0) is 62.0 Å². The van der Waals surface area contributed by atoms with E-state index >= 15 is 0 Å². The molecule has 1 aromatic rings. The molecule has 0 N–H and O–H groups in total. The van der Waals surface area contributed by atoms with E-state index in [2.05, 4.69) is 4.90 Å². The third-order valence-corrected chi connectivity index (χ3v) is 4.18. The Kier molecular flexibility index (Phi) is 5.34. The predicted octanol–water partition coefficient (Wildman–Crippen LogP) is 2.82. The fraction of sp³-hybridized carbons (Fsp3) is 0.588. The third kappa shape index (κ3) is 4.81. The second-order valence-electron chi connectivity index (χ2n) is 6.35. The summed E-state index contributed by atoms with van der Waals surface area (Å²) in [4.78, 5) is 15.7. The van der Waals surface area contributed by atoms with Crippen molar-refractivity contribution in [2.24, 2.45) is 5.92 Å². The smallest absolute Gasteiger partial charge is 0.222 e. The lowest BCUT2D eigenvalue weighted by atomic mass is 9.92. The maximum absolute atomic E-state index is 13.4. The molecule has 0 radical (unpaired) electrons. The van der Waals surface area contributed by atoms with Gasteiger partial charge < -0.3 is 4.90 Å². The Labute approximate surface area is 126 Å². The highest BCUT2D eigenvalue weighted by Gasteiger charge is 2.22. The van der Waals surface area contributed by atoms with Gasteiger partial charge in [0.15, 0.2) is 0 Å². The Morgan fingerprint density at radius 3 is 2.52 bits per heavy atom. The van der Waals surface area contributed by atoms with Crippen LogP contribution in [-0.2, 0) is 11.3 Å². The maximum atomic E-state index is 13.4. The van der Waals surface area contributed by atoms with E-state index in [1.54, 1.807) is 17.0 Å². The molecule has 3 nitrogen and oxygen atoms in total. The van der Waals surface area contributed by atoms with Gasteiger partial charge in [-0.2, -0.15) is 0 Å². The number of carbonyl (C=O) groups is 1. The van der Waals surface area contributed by atoms with Gasteiger partial charge in [0.2, 0.25) is 5.91 Å². The quantitative estimate of drug-likeness (QED) is 0.852. The summed E-state index contributed by atoms with van der Waals surface area (Å²) in [6.07, 6.45) is 2.75. The number of benzene rings is 1. The summed E-state index contributed by atoms with van der Waals surface area (Å²) in [5.41, 5.74) is 2.01. The first kappa shape index (κ1) is 16.0. The van der Waals surface area contributed by atoms with Gasteiger partial charge >= 0.3 is 0 Å². The van der Waals surface area contributed by atoms with E-state index in [1.165, 1.54) is 0 Å². The predicted molar refractivity (Wildman–Crippen MR) is 82.4 cm³/mol. The summed E-state index contributed by atoms with van der Waals surface area (Å²) in [6, 6.07) is 5.22. The fourth-order valence-corrected chi connectivity index (χ4v) is 2.94. The Morgan fingerprint density at radius 2 is 1.95 bits per heavy atom. The molecule has 0 unspecified atom stereocenters. The average molecular weight is 292 g/mol. The maximum Gasteiger partial charge on any atom is 0.222 e. The molecule has 1 aromatic carbocycles. The topological polar surface area (TPSA) is 23.6 Å². The number of nitrogens with zero attached hydrogens (tertiary/aromatic N) is 2. The molecule has 0 spiro atoms. The number of rotatable bonds is 4. The molecule has 1 aliphatic heterocycles. The summed E-state index contributed by atoms with van der Waals surface area (Å²) in [7, 11) is 3.62. The van der Waals surface area contributed by atoms with E-state index in [0.717, 1.165) is 43.6 Å². The van der Waals surface area contributed by atoms with Crippen molar-refractivity contribution in [1.29, 1.82) is 0 Å². The van der Waals surface area contributed by atoms with Crippen molar-refractivity contribution >= 4 is 5.91 Å². The van der Waals surface area contributed by atoms with E-state index in [4.69, 9.17) is 0 Å². The molecule has 1 saturated heterocycles. The fourth-order valence-electron chi connectivity index (χ4n) is 2.94. The first-order chi connectivity index (χ1) is 9.94. The Balaban J connectivity index is 1.82. The van der Waals surface area contributed by atoms with Crippen LogP contribution in [0.1, 0.15) is 30.4 Å². The van der Waals surface area contributed by atoms with Gasteiger partial charge in [0, 0.05) is 27.1 Å². The lowest BCUT2D eigenvalue weighted by Gasteiger charge is -2.32. The molecule has 4 heteroatoms. The van der Waals surface area contributed by atoms with Gasteiger partial charge in [-0.15, -0.1) is 0 Å². The SMILES string of the molecule is Cc1cc(F)cc(CN2CCC(CC(=O)N(C)C)CC2)c1. The Hall–Kier alpha value is -1.42. The van der Waals surface area contributed by atoms with E-state index in [1.807, 2.05) is 27.1 Å². The normalized spacial score (nSPS) is 17.0. The van der Waals surface area contributed by atoms with Crippen LogP contribution in [0.25, 0.3) is 0 Å². The summed E-state index contributed by atoms with van der Waals surface area (Å²) in [6.45, 7) is 4.69. The summed E-state index contributed by atoms with van der Waals surface area (Å²) >= 11 is 0. The molecule has 0 bridgehead atoms. The molecule has 1 amide bonds. The summed E-state index contributed by atoms with van der Waals surface area (Å²) in [5, 5.41) is 0. The van der Waals surface area contributed by atoms with E-state index in [0.29, 0.717) is 12.3 Å². The largest absolute Gasteiger partial charge is 0.349 e. The Morgan fingerprint density at radius 1 is 1.29 bits per heavy atom. The number of hydrogen-bond donors (Lipinski definition) is 0. The van der Waals surface area contributed by atoms with Crippen molar-refractivity contribution < 1.29 is 9.18 Å². The molecule has 0 saturated carbocycles. The molecule has 1 aliphatic rings. The van der Waals surface area contributed by atoms with Crippen molar-refractivity contribution in [2.75, 3.05) is 27.2 Å². The van der Waals surface area contributed by atoms with Gasteiger partial charge in [-0.25, -0.2) is 4.39 Å². The zero-order valence-corrected chi connectivity index (χ0v) is 13.2. The number of amides is 1. The zero-order chi connectivity index (χ0) is 15.4. The standard InChI is InChI=1S/C17H25FN2O/c1-13-8-15(10-16(18)9-13)12-20-6-4-14(5-7-20)11-17(21)19(2)3/h8-10,14H,4-7,11-12H2,1-3H3. The van der Waals surface area contributed by atoms with Crippen LogP contribution in [-0.4, -0.2) is 42.9 Å². The second-order valence-corrected chi connectivity index (χ2v) is 6.35. The van der Waals surface area contributed by atoms with Crippen LogP contribution in [0.3, 0.4) is 0 Å². The highest BCUT2D eigenvalue weighted by molar-refractivity contribution is 5.75. The van der Waals surface area contributed by atoms with Crippen LogP contribution in [0.5, 0.6) is 0 Å². The summed E-state index contributed by atoms with van der Waals surface area (Å²) < 4.78 is 13.4. The summed E-state index contributed by atoms with van der Waals surface area (Å²) in [5.74, 6) is 0.552. The van der Waals surface area contributed by atoms with Crippen molar-refractivity contribution in [3.05, 3.63) is 35.1 Å². The zero-order valence-electron chi connectivity index (χ0n) is 13.2. The van der Waals surface area contributed by atoms with Crippen LogP contribution in [0.4, 0.5) is 4.39 Å². The molecule has 0 aliphatic carbocycles. The molecular formula is C17H25FN2O. The van der Waals surface area contributed by atoms with Gasteiger partial charge in [-0.1, -0.05) is 6.07 Å². The number of likely N-dealkylation sites (tertiary alicyclic amines) is 1. The van der Waals surface area contributed by atoms with Crippen molar-refractivity contribution in [3.8, 4) is 0 Å². The van der Waals surface area contributed by atoms with Crippen molar-refractivity contribution in [3.63, 3.8) is 0 Å². The van der Waals surface area contributed by atoms with Crippen LogP contribution < -0.4 is 0 Å². The second kappa shape index (κ2) is 7.03. The van der Waals surface area contributed by atoms with Gasteiger partial charge in [-0.3, -0.25) is 9.69 Å². The highest BCUT2D eigenvalue weighted by Crippen LogP contribution is 2.22. The lowest BCUT2D eigenvalue weighted by Crippen LogP contribution is -2.35. The number of carbonyl (C=O) groups excluding carboxylic acids is 1. The first-order valence-corrected chi connectivity index (χ1v) is 7.62. The molecule has 116 valence electrons. The highest BCUT2D eigenvalue weighted by atomic mass is 19.1. The molecule has 21 heavy (non-hydrogen) atoms. The molecule has 0 atom stereocenters. The van der Waals surface area contributed by atoms with Crippen LogP contribution in [0.15, 0.2) is 18.2 Å². The molecule has 0 aromatic heterocycles. The molecule has 1 heterocycles. The van der Waals surface area contributed by atoms with E-state index in [-0.39, 0.29) is 11.7 Å². The molecular weight excluding hydrogens is 267 g/mol. The molecule has 2 rings (SSSR count). The van der Waals surface area contributed by atoms with Crippen LogP contribution in [0, 0.1) is 18.7 Å². The number of piperidine rings is 1. The first-order valence-electron chi connectivity index (χ1n) is 7.62. The minimum Gasteiger partial charge on any atom is -0.349 e. The van der Waals surface area contributed by atoms with Crippen LogP contribution >= 0.6 is 0 Å². The number of halogens is 1. The van der Waals surface area contributed by atoms with Crippen LogP contribution in [0.2, 0.25) is 0 Å². The minimum absolute atomic E-state index is 0.156. The Bertz CT molecular complexity index is 473. The van der Waals surface area contributed by atoms with Gasteiger partial charge in [0.25, 0.3) is 0 Å². The number of aryl methyl sites for hydroxylation is 1. The monoisotopic (exact) mass is 292 g/mol. The average Bonchev–Trinajstić information content (AvgIpc) is 2.39. The van der Waals surface area contributed by atoms with Crippen molar-refractivity contribution in [1.82, 2.24) is 9.80 Å². The van der Waals surface area contributed by atoms with Crippen molar-refractivity contribution in [2.45, 2.75) is 32.7 Å². The van der Waals surface area contributed by atoms with E-state index in [9.17, 15) is 9.18 Å². The molecule has 1 fully saturated rings. The minimum atomic E-state index is -0.156.